The quantitative estimate of drug-likeness (QED) is 0.488. The molecule has 0 aliphatic carbocycles. The van der Waals surface area contributed by atoms with Gasteiger partial charge in [0.15, 0.2) is 0 Å². The first-order valence-electron chi connectivity index (χ1n) is 7.89. The number of aromatic nitrogens is 2. The number of ether oxygens (including phenoxy) is 1. The summed E-state index contributed by atoms with van der Waals surface area (Å²) in [6.07, 6.45) is 2.26. The number of nitro groups is 2. The van der Waals surface area contributed by atoms with Crippen molar-refractivity contribution in [2.45, 2.75) is 6.54 Å². The molecule has 1 amide bonds. The molecule has 0 bridgehead atoms. The molecular formula is C17H13N5O6. The van der Waals surface area contributed by atoms with E-state index in [4.69, 9.17) is 4.74 Å². The van der Waals surface area contributed by atoms with E-state index in [9.17, 15) is 25.0 Å². The molecular weight excluding hydrogens is 370 g/mol. The predicted octanol–water partition coefficient (Wildman–Crippen LogP) is 3.13. The number of rotatable bonds is 7. The van der Waals surface area contributed by atoms with E-state index < -0.39 is 15.8 Å². The molecule has 0 radical (unpaired) electrons. The smallest absolute Gasteiger partial charge is 0.381 e. The number of para-hydroxylation sites is 1. The van der Waals surface area contributed by atoms with Crippen LogP contribution in [0.2, 0.25) is 0 Å². The van der Waals surface area contributed by atoms with E-state index in [0.717, 1.165) is 12.5 Å². The molecule has 0 saturated heterocycles. The van der Waals surface area contributed by atoms with E-state index in [2.05, 4.69) is 10.3 Å². The van der Waals surface area contributed by atoms with Crippen LogP contribution >= 0.6 is 0 Å². The summed E-state index contributed by atoms with van der Waals surface area (Å²) in [6.45, 7) is -0.252. The second-order valence-electron chi connectivity index (χ2n) is 5.60. The number of carbonyl (C=O) groups is 1. The van der Waals surface area contributed by atoms with Crippen LogP contribution in [0.3, 0.4) is 0 Å². The Kier molecular flexibility index (Phi) is 5.25. The summed E-state index contributed by atoms with van der Waals surface area (Å²) in [6, 6.07) is 12.5. The second-order valence-corrected chi connectivity index (χ2v) is 5.60. The van der Waals surface area contributed by atoms with Crippen molar-refractivity contribution in [3.8, 4) is 11.5 Å². The van der Waals surface area contributed by atoms with Crippen LogP contribution in [-0.2, 0) is 11.3 Å². The van der Waals surface area contributed by atoms with Crippen LogP contribution in [-0.4, -0.2) is 25.3 Å². The molecule has 11 nitrogen and oxygen atoms in total. The number of carbonyl (C=O) groups excluding carboxylic acids is 1. The zero-order chi connectivity index (χ0) is 20.1. The molecule has 142 valence electrons. The van der Waals surface area contributed by atoms with Gasteiger partial charge < -0.3 is 24.7 Å². The van der Waals surface area contributed by atoms with Crippen LogP contribution in [0.5, 0.6) is 11.5 Å². The summed E-state index contributed by atoms with van der Waals surface area (Å²) >= 11 is 0. The first-order valence-corrected chi connectivity index (χ1v) is 7.89. The van der Waals surface area contributed by atoms with Gasteiger partial charge in [-0.05, 0) is 22.0 Å². The summed E-state index contributed by atoms with van der Waals surface area (Å²) in [5, 5.41) is 24.3. The number of nitro benzene ring substituents is 1. The minimum atomic E-state index is -0.678. The van der Waals surface area contributed by atoms with Gasteiger partial charge >= 0.3 is 5.82 Å². The van der Waals surface area contributed by atoms with Gasteiger partial charge in [-0.15, -0.1) is 0 Å². The molecule has 3 rings (SSSR count). The number of nitrogens with zero attached hydrogens (tertiary/aromatic N) is 4. The lowest BCUT2D eigenvalue weighted by atomic mass is 10.2. The average Bonchev–Trinajstić information content (AvgIpc) is 3.11. The van der Waals surface area contributed by atoms with Crippen LogP contribution in [0.1, 0.15) is 0 Å². The molecule has 11 heteroatoms. The van der Waals surface area contributed by atoms with Gasteiger partial charge in [0.05, 0.1) is 16.7 Å². The molecule has 1 N–H and O–H groups in total. The van der Waals surface area contributed by atoms with Gasteiger partial charge in [0, 0.05) is 12.1 Å². The summed E-state index contributed by atoms with van der Waals surface area (Å²) in [5.74, 6) is -0.278. The van der Waals surface area contributed by atoms with Gasteiger partial charge in [-0.25, -0.2) is 0 Å². The number of benzene rings is 2. The van der Waals surface area contributed by atoms with Crippen LogP contribution in [0.4, 0.5) is 17.2 Å². The van der Waals surface area contributed by atoms with Gasteiger partial charge in [-0.3, -0.25) is 14.9 Å². The minimum Gasteiger partial charge on any atom is -0.457 e. The molecule has 3 aromatic rings. The van der Waals surface area contributed by atoms with Gasteiger partial charge in [-0.1, -0.05) is 18.2 Å². The monoisotopic (exact) mass is 383 g/mol. The minimum absolute atomic E-state index is 0.153. The van der Waals surface area contributed by atoms with Crippen molar-refractivity contribution >= 4 is 23.1 Å². The summed E-state index contributed by atoms with van der Waals surface area (Å²) in [7, 11) is 0. The summed E-state index contributed by atoms with van der Waals surface area (Å²) in [5.41, 5.74) is -0.109. The highest BCUT2D eigenvalue weighted by Crippen LogP contribution is 2.29. The predicted molar refractivity (Wildman–Crippen MR) is 97.1 cm³/mol. The largest absolute Gasteiger partial charge is 0.457 e. The highest BCUT2D eigenvalue weighted by atomic mass is 16.6. The van der Waals surface area contributed by atoms with Crippen LogP contribution < -0.4 is 10.1 Å². The van der Waals surface area contributed by atoms with Crippen LogP contribution in [0.25, 0.3) is 0 Å². The Morgan fingerprint density at radius 2 is 1.82 bits per heavy atom. The molecule has 28 heavy (non-hydrogen) atoms. The third kappa shape index (κ3) is 4.66. The van der Waals surface area contributed by atoms with Crippen LogP contribution in [0, 0.1) is 20.2 Å². The number of non-ortho nitro benzene ring substituents is 1. The molecule has 1 aromatic heterocycles. The normalized spacial score (nSPS) is 10.3. The summed E-state index contributed by atoms with van der Waals surface area (Å²) in [4.78, 5) is 36.2. The molecule has 0 spiro atoms. The Morgan fingerprint density at radius 3 is 2.46 bits per heavy atom. The molecule has 2 aromatic carbocycles. The van der Waals surface area contributed by atoms with Crippen molar-refractivity contribution in [3.05, 3.63) is 81.3 Å². The fourth-order valence-electron chi connectivity index (χ4n) is 2.34. The topological polar surface area (TPSA) is 142 Å². The fourth-order valence-corrected chi connectivity index (χ4v) is 2.34. The number of anilines is 1. The molecule has 0 atom stereocenters. The van der Waals surface area contributed by atoms with E-state index in [1.165, 1.54) is 22.8 Å². The van der Waals surface area contributed by atoms with Crippen molar-refractivity contribution in [1.82, 2.24) is 9.55 Å². The standard InChI is InChI=1S/C17H13N5O6/c23-17(10-20-9-16(18-11-20)22(26)27)19-12-6-13(21(24)25)8-15(7-12)28-14-4-2-1-3-5-14/h1-9,11H,10H2,(H,19,23). The molecule has 0 saturated carbocycles. The maximum absolute atomic E-state index is 12.2. The van der Waals surface area contributed by atoms with E-state index in [1.54, 1.807) is 30.3 Å². The average molecular weight is 383 g/mol. The Morgan fingerprint density at radius 1 is 1.07 bits per heavy atom. The van der Waals surface area contributed by atoms with Crippen molar-refractivity contribution in [2.24, 2.45) is 0 Å². The summed E-state index contributed by atoms with van der Waals surface area (Å²) < 4.78 is 6.82. The van der Waals surface area contributed by atoms with E-state index in [0.29, 0.717) is 5.75 Å². The lowest BCUT2D eigenvalue weighted by Gasteiger charge is -2.09. The van der Waals surface area contributed by atoms with Crippen molar-refractivity contribution < 1.29 is 19.4 Å². The number of amides is 1. The zero-order valence-electron chi connectivity index (χ0n) is 14.2. The fraction of sp³-hybridized carbons (Fsp3) is 0.0588. The first kappa shape index (κ1) is 18.5. The molecule has 0 unspecified atom stereocenters. The lowest BCUT2D eigenvalue weighted by molar-refractivity contribution is -0.389. The molecule has 0 aliphatic heterocycles. The number of imidazole rings is 1. The maximum Gasteiger partial charge on any atom is 0.381 e. The van der Waals surface area contributed by atoms with Crippen molar-refractivity contribution in [1.29, 1.82) is 0 Å². The van der Waals surface area contributed by atoms with Crippen molar-refractivity contribution in [2.75, 3.05) is 5.32 Å². The molecule has 0 aliphatic rings. The number of hydrogen-bond acceptors (Lipinski definition) is 7. The number of hydrogen-bond donors (Lipinski definition) is 1. The Hall–Kier alpha value is -4.28. The van der Waals surface area contributed by atoms with Gasteiger partial charge in [0.25, 0.3) is 5.69 Å². The van der Waals surface area contributed by atoms with Gasteiger partial charge in [-0.2, -0.15) is 0 Å². The Balaban J connectivity index is 1.76. The van der Waals surface area contributed by atoms with E-state index >= 15 is 0 Å². The van der Waals surface area contributed by atoms with Crippen LogP contribution in [0.15, 0.2) is 61.1 Å². The lowest BCUT2D eigenvalue weighted by Crippen LogP contribution is -2.18. The Bertz CT molecular complexity index is 1030. The third-order valence-electron chi connectivity index (χ3n) is 3.50. The van der Waals surface area contributed by atoms with Gasteiger partial charge in [0.2, 0.25) is 12.2 Å². The highest BCUT2D eigenvalue weighted by Gasteiger charge is 2.15. The molecule has 0 fully saturated rings. The van der Waals surface area contributed by atoms with Gasteiger partial charge in [0.1, 0.15) is 24.2 Å². The third-order valence-corrected chi connectivity index (χ3v) is 3.50. The first-order chi connectivity index (χ1) is 13.4. The SMILES string of the molecule is O=C(Cn1cnc([N+](=O)[O-])c1)Nc1cc(Oc2ccccc2)cc([N+](=O)[O-])c1. The highest BCUT2D eigenvalue weighted by molar-refractivity contribution is 5.91. The van der Waals surface area contributed by atoms with E-state index in [1.807, 2.05) is 0 Å². The van der Waals surface area contributed by atoms with E-state index in [-0.39, 0.29) is 29.5 Å². The maximum atomic E-state index is 12.2. The molecule has 1 heterocycles. The Labute approximate surface area is 157 Å². The van der Waals surface area contributed by atoms with Crippen molar-refractivity contribution in [3.63, 3.8) is 0 Å². The zero-order valence-corrected chi connectivity index (χ0v) is 14.2. The second kappa shape index (κ2) is 7.95. The number of nitrogens with one attached hydrogen (secondary N) is 1.